The zero-order valence-corrected chi connectivity index (χ0v) is 20.2. The number of rotatable bonds is 4. The first kappa shape index (κ1) is 23.6. The fourth-order valence-corrected chi connectivity index (χ4v) is 4.80. The van der Waals surface area contributed by atoms with E-state index in [2.05, 4.69) is 0 Å². The highest BCUT2D eigenvalue weighted by Crippen LogP contribution is 2.44. The Bertz CT molecular complexity index is 1690. The predicted molar refractivity (Wildman–Crippen MR) is 134 cm³/mol. The fourth-order valence-electron chi connectivity index (χ4n) is 4.80. The summed E-state index contributed by atoms with van der Waals surface area (Å²) >= 11 is 0. The SMILES string of the molecule is Cc1cc(C)c2c(C)c(C(=O)Oc3ccc4c(c3)OC(N)=C(C#N)C4c3cccc([N+](=O)[O-])c3)oc2c1. The number of ether oxygens (including phenoxy) is 2. The van der Waals surface area contributed by atoms with E-state index in [-0.39, 0.29) is 34.4 Å². The molecule has 9 heteroatoms. The van der Waals surface area contributed by atoms with Gasteiger partial charge in [0.05, 0.1) is 10.8 Å². The van der Waals surface area contributed by atoms with Crippen LogP contribution in [0.15, 0.2) is 70.5 Å². The molecular formula is C28H21N3O6. The molecule has 1 aromatic heterocycles. The maximum absolute atomic E-state index is 13.0. The molecule has 1 aliphatic rings. The number of nitro groups is 1. The van der Waals surface area contributed by atoms with Gasteiger partial charge in [0.25, 0.3) is 5.69 Å². The van der Waals surface area contributed by atoms with Crippen molar-refractivity contribution < 1.29 is 23.6 Å². The van der Waals surface area contributed by atoms with E-state index in [4.69, 9.17) is 19.6 Å². The molecule has 0 saturated carbocycles. The Hall–Kier alpha value is -5.10. The highest BCUT2D eigenvalue weighted by Gasteiger charge is 2.32. The number of carbonyl (C=O) groups excluding carboxylic acids is 1. The number of hydrogen-bond donors (Lipinski definition) is 1. The third-order valence-electron chi connectivity index (χ3n) is 6.37. The maximum Gasteiger partial charge on any atom is 0.379 e. The normalized spacial score (nSPS) is 14.6. The van der Waals surface area contributed by atoms with Gasteiger partial charge in [0.15, 0.2) is 0 Å². The number of nitro benzene ring substituents is 1. The van der Waals surface area contributed by atoms with E-state index < -0.39 is 16.8 Å². The van der Waals surface area contributed by atoms with Crippen LogP contribution in [0.25, 0.3) is 11.0 Å². The lowest BCUT2D eigenvalue weighted by atomic mass is 9.83. The zero-order chi connectivity index (χ0) is 26.4. The molecule has 1 atom stereocenters. The van der Waals surface area contributed by atoms with Crippen LogP contribution in [0.4, 0.5) is 5.69 Å². The molecule has 0 saturated heterocycles. The number of esters is 1. The van der Waals surface area contributed by atoms with Crippen LogP contribution in [0.5, 0.6) is 11.5 Å². The Morgan fingerprint density at radius 1 is 1.14 bits per heavy atom. The lowest BCUT2D eigenvalue weighted by Crippen LogP contribution is -2.21. The number of aryl methyl sites for hydroxylation is 3. The van der Waals surface area contributed by atoms with E-state index in [1.54, 1.807) is 31.2 Å². The Kier molecular flexibility index (Phi) is 5.65. The average molecular weight is 495 g/mol. The summed E-state index contributed by atoms with van der Waals surface area (Å²) in [5.41, 5.74) is 10.4. The quantitative estimate of drug-likeness (QED) is 0.164. The molecule has 9 nitrogen and oxygen atoms in total. The van der Waals surface area contributed by atoms with Crippen molar-refractivity contribution in [2.24, 2.45) is 5.73 Å². The molecule has 0 spiro atoms. The molecule has 1 aliphatic heterocycles. The minimum Gasteiger partial charge on any atom is -0.449 e. The second-order valence-electron chi connectivity index (χ2n) is 8.88. The number of nitrogens with zero attached hydrogens (tertiary/aromatic N) is 2. The Balaban J connectivity index is 1.51. The molecule has 0 aliphatic carbocycles. The van der Waals surface area contributed by atoms with Crippen molar-refractivity contribution in [3.63, 3.8) is 0 Å². The van der Waals surface area contributed by atoms with Gasteiger partial charge in [0.2, 0.25) is 11.6 Å². The van der Waals surface area contributed by atoms with Crippen LogP contribution in [0.3, 0.4) is 0 Å². The topological polar surface area (TPSA) is 142 Å². The molecule has 5 rings (SSSR count). The highest BCUT2D eigenvalue weighted by molar-refractivity contribution is 5.98. The molecule has 37 heavy (non-hydrogen) atoms. The largest absolute Gasteiger partial charge is 0.449 e. The van der Waals surface area contributed by atoms with E-state index in [1.807, 2.05) is 32.0 Å². The summed E-state index contributed by atoms with van der Waals surface area (Å²) in [5.74, 6) is -0.939. The van der Waals surface area contributed by atoms with Gasteiger partial charge in [-0.25, -0.2) is 4.79 Å². The summed E-state index contributed by atoms with van der Waals surface area (Å²) in [6.45, 7) is 5.71. The van der Waals surface area contributed by atoms with Crippen molar-refractivity contribution in [1.29, 1.82) is 5.26 Å². The summed E-state index contributed by atoms with van der Waals surface area (Å²) in [5, 5.41) is 21.9. The number of furan rings is 1. The molecule has 0 amide bonds. The summed E-state index contributed by atoms with van der Waals surface area (Å²) in [6.07, 6.45) is 0. The van der Waals surface area contributed by atoms with Gasteiger partial charge in [-0.2, -0.15) is 5.26 Å². The van der Waals surface area contributed by atoms with E-state index in [9.17, 15) is 20.2 Å². The molecule has 0 bridgehead atoms. The van der Waals surface area contributed by atoms with Crippen LogP contribution in [0.2, 0.25) is 0 Å². The number of allylic oxidation sites excluding steroid dienone is 1. The zero-order valence-electron chi connectivity index (χ0n) is 20.2. The standard InChI is InChI=1S/C28H21N3O6/c1-14-9-15(2)24-16(3)26(36-23(24)10-14)28(32)35-19-7-8-20-22(12-19)37-27(30)21(13-29)25(20)17-5-4-6-18(11-17)31(33)34/h4-12,25H,30H2,1-3H3. The van der Waals surface area contributed by atoms with Crippen LogP contribution in [0, 0.1) is 42.2 Å². The Labute approximate surface area is 211 Å². The lowest BCUT2D eigenvalue weighted by Gasteiger charge is -2.26. The van der Waals surface area contributed by atoms with E-state index in [0.717, 1.165) is 16.5 Å². The van der Waals surface area contributed by atoms with Crippen molar-refractivity contribution in [3.8, 4) is 17.6 Å². The van der Waals surface area contributed by atoms with Crippen LogP contribution in [-0.2, 0) is 0 Å². The number of non-ortho nitro benzene ring substituents is 1. The van der Waals surface area contributed by atoms with Crippen molar-refractivity contribution in [3.05, 3.63) is 110 Å². The minimum absolute atomic E-state index is 0.1000. The van der Waals surface area contributed by atoms with Crippen molar-refractivity contribution in [1.82, 2.24) is 0 Å². The van der Waals surface area contributed by atoms with Gasteiger partial charge in [-0.15, -0.1) is 0 Å². The smallest absolute Gasteiger partial charge is 0.379 e. The van der Waals surface area contributed by atoms with E-state index >= 15 is 0 Å². The molecule has 0 radical (unpaired) electrons. The maximum atomic E-state index is 13.0. The summed E-state index contributed by atoms with van der Waals surface area (Å²) < 4.78 is 17.1. The number of nitrogens with two attached hydrogens (primary N) is 1. The van der Waals surface area contributed by atoms with Gasteiger partial charge in [0.1, 0.15) is 28.7 Å². The highest BCUT2D eigenvalue weighted by atomic mass is 16.6. The summed E-state index contributed by atoms with van der Waals surface area (Å²) in [7, 11) is 0. The Morgan fingerprint density at radius 3 is 2.65 bits per heavy atom. The van der Waals surface area contributed by atoms with Gasteiger partial charge in [-0.05, 0) is 49.6 Å². The van der Waals surface area contributed by atoms with Crippen molar-refractivity contribution >= 4 is 22.6 Å². The van der Waals surface area contributed by atoms with Crippen molar-refractivity contribution in [2.75, 3.05) is 0 Å². The van der Waals surface area contributed by atoms with Gasteiger partial charge < -0.3 is 19.6 Å². The van der Waals surface area contributed by atoms with E-state index in [0.29, 0.717) is 22.3 Å². The molecule has 0 fully saturated rings. The Morgan fingerprint density at radius 2 is 1.92 bits per heavy atom. The van der Waals surface area contributed by atoms with Crippen LogP contribution < -0.4 is 15.2 Å². The van der Waals surface area contributed by atoms with Crippen LogP contribution >= 0.6 is 0 Å². The number of benzene rings is 3. The first-order valence-corrected chi connectivity index (χ1v) is 11.4. The molecule has 1 unspecified atom stereocenters. The lowest BCUT2D eigenvalue weighted by molar-refractivity contribution is -0.384. The third kappa shape index (κ3) is 4.04. The van der Waals surface area contributed by atoms with Crippen LogP contribution in [-0.4, -0.2) is 10.9 Å². The van der Waals surface area contributed by atoms with Gasteiger partial charge in [-0.1, -0.05) is 24.3 Å². The fraction of sp³-hybridized carbons (Fsp3) is 0.143. The third-order valence-corrected chi connectivity index (χ3v) is 6.37. The molecular weight excluding hydrogens is 474 g/mol. The van der Waals surface area contributed by atoms with Gasteiger partial charge >= 0.3 is 5.97 Å². The number of fused-ring (bicyclic) bond motifs is 2. The van der Waals surface area contributed by atoms with Crippen LogP contribution in [0.1, 0.15) is 44.3 Å². The van der Waals surface area contributed by atoms with E-state index in [1.165, 1.54) is 18.2 Å². The molecule has 2 N–H and O–H groups in total. The molecule has 4 aromatic rings. The number of hydrogen-bond acceptors (Lipinski definition) is 8. The second kappa shape index (κ2) is 8.84. The number of carbonyl (C=O) groups is 1. The first-order valence-electron chi connectivity index (χ1n) is 11.4. The number of nitriles is 1. The summed E-state index contributed by atoms with van der Waals surface area (Å²) in [6, 6.07) is 16.6. The predicted octanol–water partition coefficient (Wildman–Crippen LogP) is 5.70. The van der Waals surface area contributed by atoms with Crippen molar-refractivity contribution in [2.45, 2.75) is 26.7 Å². The van der Waals surface area contributed by atoms with Gasteiger partial charge in [0, 0.05) is 34.7 Å². The second-order valence-corrected chi connectivity index (χ2v) is 8.88. The molecule has 184 valence electrons. The molecule has 3 aromatic carbocycles. The molecule has 2 heterocycles. The summed E-state index contributed by atoms with van der Waals surface area (Å²) in [4.78, 5) is 23.8. The average Bonchev–Trinajstić information content (AvgIpc) is 3.19. The van der Waals surface area contributed by atoms with Gasteiger partial charge in [-0.3, -0.25) is 10.1 Å². The monoisotopic (exact) mass is 495 g/mol. The first-order chi connectivity index (χ1) is 17.7. The minimum atomic E-state index is -0.692.